The minimum Gasteiger partial charge on any atom is -0.496 e. The maximum absolute atomic E-state index is 14.8. The van der Waals surface area contributed by atoms with Gasteiger partial charge in [0.15, 0.2) is 0 Å². The van der Waals surface area contributed by atoms with Gasteiger partial charge in [0, 0.05) is 54.5 Å². The van der Waals surface area contributed by atoms with Crippen LogP contribution in [0.25, 0.3) is 21.6 Å². The lowest BCUT2D eigenvalue weighted by Crippen LogP contribution is -2.58. The van der Waals surface area contributed by atoms with Gasteiger partial charge >= 0.3 is 10.2 Å². The number of carbonyl (C=O) groups is 3. The van der Waals surface area contributed by atoms with E-state index >= 15 is 0 Å². The predicted octanol–water partition coefficient (Wildman–Crippen LogP) is 5.95. The molecular formula is C43H53N7O7S2. The highest BCUT2D eigenvalue weighted by atomic mass is 32.2. The predicted molar refractivity (Wildman–Crippen MR) is 229 cm³/mol. The average Bonchev–Trinajstić information content (AvgIpc) is 3.49. The van der Waals surface area contributed by atoms with E-state index in [9.17, 15) is 22.8 Å². The molecule has 5 atom stereocenters. The molecule has 16 heteroatoms. The summed E-state index contributed by atoms with van der Waals surface area (Å²) < 4.78 is 41.2. The number of hydrogen-bond acceptors (Lipinski definition) is 11. The lowest BCUT2D eigenvalue weighted by atomic mass is 10.0. The lowest BCUT2D eigenvalue weighted by molar-refractivity contribution is -0.140. The van der Waals surface area contributed by atoms with Crippen LogP contribution in [-0.2, 0) is 24.6 Å². The molecule has 1 aliphatic carbocycles. The Balaban J connectivity index is 1.26. The highest BCUT2D eigenvalue weighted by Crippen LogP contribution is 2.46. The number of ether oxygens (including phenoxy) is 2. The van der Waals surface area contributed by atoms with E-state index in [1.54, 1.807) is 12.0 Å². The summed E-state index contributed by atoms with van der Waals surface area (Å²) in [6.45, 7) is 6.20. The van der Waals surface area contributed by atoms with Crippen LogP contribution in [-0.4, -0.2) is 96.8 Å². The number of pyridine rings is 1. The number of hydrogen-bond donors (Lipinski definition) is 3. The molecule has 7 rings (SSSR count). The summed E-state index contributed by atoms with van der Waals surface area (Å²) in [5.74, 6) is -0.650. The van der Waals surface area contributed by atoms with Gasteiger partial charge in [-0.3, -0.25) is 14.4 Å². The molecule has 0 bridgehead atoms. The molecule has 3 amide bonds. The molecule has 59 heavy (non-hydrogen) atoms. The SMILES string of the molecule is COc1ccc2c(O[C@@H]3C[C@H]4C(=O)N[C@]5(C(=O)NS(=O)(=O)N(C)C)C[C@H]5/C=C\CCCCC[C@H](Nc5ccccc5)C(=O)N4C3)cc(-c3nc(C(C)C)cs3)nc2c1C. The quantitative estimate of drug-likeness (QED) is 0.162. The van der Waals surface area contributed by atoms with Crippen molar-refractivity contribution in [2.24, 2.45) is 5.92 Å². The molecule has 4 aromatic rings. The minimum atomic E-state index is -4.15. The van der Waals surface area contributed by atoms with Gasteiger partial charge in [-0.2, -0.15) is 12.7 Å². The summed E-state index contributed by atoms with van der Waals surface area (Å²) in [7, 11) is 0.102. The summed E-state index contributed by atoms with van der Waals surface area (Å²) >= 11 is 1.50. The van der Waals surface area contributed by atoms with Crippen LogP contribution in [0.3, 0.4) is 0 Å². The molecule has 2 fully saturated rings. The Morgan fingerprint density at radius 1 is 1.07 bits per heavy atom. The van der Waals surface area contributed by atoms with Crippen molar-refractivity contribution in [3.05, 3.63) is 77.3 Å². The van der Waals surface area contributed by atoms with Crippen molar-refractivity contribution in [3.8, 4) is 22.2 Å². The Morgan fingerprint density at radius 3 is 2.56 bits per heavy atom. The number of nitrogens with one attached hydrogen (secondary N) is 3. The Kier molecular flexibility index (Phi) is 12.3. The molecule has 2 aromatic heterocycles. The number of aromatic nitrogens is 2. The molecule has 3 N–H and O–H groups in total. The Hall–Kier alpha value is -5.06. The van der Waals surface area contributed by atoms with Crippen LogP contribution < -0.4 is 24.8 Å². The van der Waals surface area contributed by atoms with Crippen LogP contribution >= 0.6 is 11.3 Å². The van der Waals surface area contributed by atoms with Crippen LogP contribution in [0.2, 0.25) is 0 Å². The van der Waals surface area contributed by atoms with Crippen molar-refractivity contribution in [2.75, 3.05) is 33.1 Å². The van der Waals surface area contributed by atoms with E-state index in [1.165, 1.54) is 25.4 Å². The summed E-state index contributed by atoms with van der Waals surface area (Å²) in [4.78, 5) is 54.7. The number of rotatable bonds is 10. The fraction of sp³-hybridized carbons (Fsp3) is 0.465. The van der Waals surface area contributed by atoms with Crippen LogP contribution in [0, 0.1) is 12.8 Å². The van der Waals surface area contributed by atoms with Gasteiger partial charge in [0.25, 0.3) is 5.91 Å². The number of benzene rings is 2. The van der Waals surface area contributed by atoms with Gasteiger partial charge < -0.3 is 25.0 Å². The molecular weight excluding hydrogens is 791 g/mol. The molecule has 14 nitrogen and oxygen atoms in total. The standard InChI is InChI=1S/C43H53N7O7S2/c1-26(2)34-25-58-40(46-34)33-22-37(31-19-20-36(56-6)27(3)38(31)45-33)57-30-21-35-39(51)47-43(42(53)48-59(54,55)49(4)5)23-28(43)15-11-8-7-9-14-18-32(41(52)50(35)24-30)44-29-16-12-10-13-17-29/h10-13,15-17,19-20,22,25-26,28,30,32,35,44H,7-9,14,18,21,23-24H2,1-6H3,(H,47,51)(H,48,53)/b15-11-/t28-,30-,32+,35+,43-/m1/s1. The van der Waals surface area contributed by atoms with Gasteiger partial charge in [-0.25, -0.2) is 14.7 Å². The fourth-order valence-corrected chi connectivity index (χ4v) is 9.40. The van der Waals surface area contributed by atoms with Crippen molar-refractivity contribution in [1.29, 1.82) is 0 Å². The molecule has 2 aliphatic heterocycles. The molecule has 1 saturated carbocycles. The van der Waals surface area contributed by atoms with Crippen LogP contribution in [0.1, 0.15) is 76.0 Å². The summed E-state index contributed by atoms with van der Waals surface area (Å²) in [6, 6.07) is 13.5. The number of para-hydroxylation sites is 1. The number of amides is 3. The first-order valence-corrected chi connectivity index (χ1v) is 22.5. The van der Waals surface area contributed by atoms with E-state index in [-0.39, 0.29) is 31.2 Å². The summed E-state index contributed by atoms with van der Waals surface area (Å²) in [6.07, 6.45) is 7.37. The molecule has 3 aliphatic rings. The number of thiazole rings is 1. The van der Waals surface area contributed by atoms with E-state index in [0.29, 0.717) is 29.1 Å². The van der Waals surface area contributed by atoms with Crippen LogP contribution in [0.4, 0.5) is 5.69 Å². The number of allylic oxidation sites excluding steroid dienone is 1. The van der Waals surface area contributed by atoms with Gasteiger partial charge in [-0.1, -0.05) is 57.0 Å². The van der Waals surface area contributed by atoms with Crippen LogP contribution in [0.5, 0.6) is 11.5 Å². The van der Waals surface area contributed by atoms with E-state index in [1.807, 2.05) is 73.0 Å². The second-order valence-corrected chi connectivity index (χ2v) is 18.9. The highest BCUT2D eigenvalue weighted by Gasteiger charge is 2.61. The molecule has 0 spiro atoms. The number of methoxy groups -OCH3 is 1. The largest absolute Gasteiger partial charge is 0.496 e. The molecule has 0 unspecified atom stereocenters. The second kappa shape index (κ2) is 17.3. The average molecular weight is 844 g/mol. The third-order valence-electron chi connectivity index (χ3n) is 11.5. The number of anilines is 1. The monoisotopic (exact) mass is 843 g/mol. The topological polar surface area (TPSA) is 172 Å². The summed E-state index contributed by atoms with van der Waals surface area (Å²) in [5.41, 5.74) is 2.36. The first-order chi connectivity index (χ1) is 28.2. The van der Waals surface area contributed by atoms with Crippen molar-refractivity contribution in [1.82, 2.24) is 29.2 Å². The number of aryl methyl sites for hydroxylation is 1. The zero-order chi connectivity index (χ0) is 42.1. The van der Waals surface area contributed by atoms with Crippen LogP contribution in [0.15, 0.2) is 66.1 Å². The summed E-state index contributed by atoms with van der Waals surface area (Å²) in [5, 5.41) is 9.88. The van der Waals surface area contributed by atoms with Gasteiger partial charge in [0.05, 0.1) is 24.9 Å². The first-order valence-electron chi connectivity index (χ1n) is 20.2. The van der Waals surface area contributed by atoms with E-state index in [4.69, 9.17) is 19.4 Å². The van der Waals surface area contributed by atoms with Gasteiger partial charge in [-0.15, -0.1) is 11.3 Å². The zero-order valence-corrected chi connectivity index (χ0v) is 36.0. The molecule has 1 saturated heterocycles. The van der Waals surface area contributed by atoms with E-state index < -0.39 is 51.7 Å². The van der Waals surface area contributed by atoms with E-state index in [0.717, 1.165) is 57.3 Å². The molecule has 2 aromatic carbocycles. The highest BCUT2D eigenvalue weighted by molar-refractivity contribution is 7.87. The van der Waals surface area contributed by atoms with Gasteiger partial charge in [-0.05, 0) is 62.8 Å². The number of nitrogens with zero attached hydrogens (tertiary/aromatic N) is 4. The maximum Gasteiger partial charge on any atom is 0.303 e. The fourth-order valence-electron chi connectivity index (χ4n) is 7.86. The third-order valence-corrected chi connectivity index (χ3v) is 13.7. The van der Waals surface area contributed by atoms with E-state index in [2.05, 4.69) is 29.2 Å². The second-order valence-electron chi connectivity index (χ2n) is 16.1. The Labute approximate surface area is 350 Å². The lowest BCUT2D eigenvalue weighted by Gasteiger charge is -2.30. The Bertz CT molecular complexity index is 2350. The normalized spacial score (nSPS) is 24.4. The molecule has 314 valence electrons. The van der Waals surface area contributed by atoms with Crippen molar-refractivity contribution in [2.45, 2.75) is 95.4 Å². The van der Waals surface area contributed by atoms with Crippen molar-refractivity contribution >= 4 is 55.9 Å². The minimum absolute atomic E-state index is 0.0878. The molecule has 4 heterocycles. The zero-order valence-electron chi connectivity index (χ0n) is 34.4. The van der Waals surface area contributed by atoms with Crippen molar-refractivity contribution < 1.29 is 32.3 Å². The Morgan fingerprint density at radius 2 is 1.85 bits per heavy atom. The maximum atomic E-state index is 14.8. The molecule has 0 radical (unpaired) electrons. The van der Waals surface area contributed by atoms with Crippen molar-refractivity contribution in [3.63, 3.8) is 0 Å². The van der Waals surface area contributed by atoms with Gasteiger partial charge in [0.1, 0.15) is 45.9 Å². The number of fused-ring (bicyclic) bond motifs is 3. The smallest absolute Gasteiger partial charge is 0.303 e. The third kappa shape index (κ3) is 8.94. The first kappa shape index (κ1) is 42.1. The van der Waals surface area contributed by atoms with Gasteiger partial charge in [0.2, 0.25) is 11.8 Å². The number of carbonyl (C=O) groups excluding carboxylic acids is 3.